The first-order valence-electron chi connectivity index (χ1n) is 39.9. The summed E-state index contributed by atoms with van der Waals surface area (Å²) in [6.07, 6.45) is 12.6. The number of rotatable bonds is 17. The molecule has 131 heavy (non-hydrogen) atoms. The van der Waals surface area contributed by atoms with Crippen LogP contribution in [0, 0.1) is 11.3 Å². The van der Waals surface area contributed by atoms with Crippen LogP contribution in [0.15, 0.2) is 204 Å². The molecule has 0 bridgehead atoms. The first-order chi connectivity index (χ1) is 61.0. The number of fused-ring (bicyclic) bond motifs is 3. The number of sulfonamides is 3. The third-order valence-corrected chi connectivity index (χ3v) is 30.0. The molecule has 688 valence electrons. The first kappa shape index (κ1) is 98.4. The lowest BCUT2D eigenvalue weighted by molar-refractivity contribution is -0.124. The lowest BCUT2D eigenvalue weighted by atomic mass is 9.91. The van der Waals surface area contributed by atoms with Gasteiger partial charge in [-0.2, -0.15) is 18.2 Å². The SMILES string of the molecule is C.C.C.CNC(=O)N1CCN(S(=O)(=O)c2cnc3n2[C@](C)(Cc2ccc(-c4cccnc4)cc2)C(=O)N3c2cc(Cl)cc(Cl)c2)CC1.CNC(=O)N1CCN(S(=O)(=O)c2cnc3n2[C@](C)(Cc2ccc(-c4cncnc4)cc2)C(=O)N3c2cc(Cl)cc(Cl)c2)CC1.CNC(=O)N1CCN(S(=O)(=O)c2cnc3n2[C@](C)(Cc2ccc(C#N)cc2)C(=O)N3c2cc(Cl)cc(Cl)c2)CC1. The average molecular weight is 1960 g/mol. The second-order valence-electron chi connectivity index (χ2n) is 31.3. The summed E-state index contributed by atoms with van der Waals surface area (Å²) in [5.74, 6) is -0.792. The fraction of sp³-hybridized carbons (Fsp3) is 0.307. The number of halogens is 6. The summed E-state index contributed by atoms with van der Waals surface area (Å²) in [5.41, 5.74) is 3.39. The molecule has 0 radical (unpaired) electrons. The number of anilines is 6. The monoisotopic (exact) mass is 1960 g/mol. The van der Waals surface area contributed by atoms with E-state index in [0.29, 0.717) is 52.8 Å². The summed E-state index contributed by atoms with van der Waals surface area (Å²) in [5, 5.41) is 18.4. The second kappa shape index (κ2) is 39.4. The van der Waals surface area contributed by atoms with E-state index in [1.807, 2.05) is 60.7 Å². The summed E-state index contributed by atoms with van der Waals surface area (Å²) in [7, 11) is -7.77. The molecule has 6 aliphatic heterocycles. The van der Waals surface area contributed by atoms with E-state index in [2.05, 4.69) is 51.9 Å². The molecule has 3 saturated heterocycles. The Morgan fingerprint density at radius 2 is 0.656 bits per heavy atom. The Morgan fingerprint density at radius 1 is 0.382 bits per heavy atom. The maximum absolute atomic E-state index is 14.4. The summed E-state index contributed by atoms with van der Waals surface area (Å²) in [6, 6.07) is 41.2. The van der Waals surface area contributed by atoms with Crippen LogP contribution in [0.1, 0.15) is 65.3 Å². The number of carbonyl (C=O) groups is 6. The Balaban J connectivity index is 0.000000176. The smallest absolute Gasteiger partial charge is 0.317 e. The molecule has 11 heterocycles. The molecule has 0 unspecified atom stereocenters. The number of hydrogen-bond acceptors (Lipinski definition) is 19. The van der Waals surface area contributed by atoms with Gasteiger partial charge < -0.3 is 30.7 Å². The number of amides is 9. The van der Waals surface area contributed by atoms with Crippen molar-refractivity contribution in [1.29, 1.82) is 5.26 Å². The minimum atomic E-state index is -4.12. The predicted molar refractivity (Wildman–Crippen MR) is 502 cm³/mol. The van der Waals surface area contributed by atoms with Gasteiger partial charge in [-0.15, -0.1) is 0 Å². The van der Waals surface area contributed by atoms with E-state index in [-0.39, 0.29) is 183 Å². The van der Waals surface area contributed by atoms with Crippen molar-refractivity contribution < 1.29 is 54.0 Å². The molecule has 6 aromatic carbocycles. The quantitative estimate of drug-likeness (QED) is 0.0762. The van der Waals surface area contributed by atoms with Crippen molar-refractivity contribution in [2.75, 3.05) is 114 Å². The average Bonchev–Trinajstić information content (AvgIpc) is 1.56. The van der Waals surface area contributed by atoms with Crippen molar-refractivity contribution in [1.82, 2.24) is 87.2 Å². The summed E-state index contributed by atoms with van der Waals surface area (Å²) in [4.78, 5) is 113. The van der Waals surface area contributed by atoms with Crippen LogP contribution in [-0.4, -0.2) is 232 Å². The molecule has 6 aliphatic rings. The van der Waals surface area contributed by atoms with Crippen LogP contribution >= 0.6 is 69.6 Å². The third kappa shape index (κ3) is 19.0. The number of urea groups is 3. The molecule has 0 aliphatic carbocycles. The van der Waals surface area contributed by atoms with Gasteiger partial charge in [0, 0.05) is 179 Å². The highest BCUT2D eigenvalue weighted by atomic mass is 35.5. The summed E-state index contributed by atoms with van der Waals surface area (Å²) < 4.78 is 92.8. The zero-order chi connectivity index (χ0) is 91.3. The van der Waals surface area contributed by atoms with Crippen LogP contribution < -0.4 is 30.7 Å². The standard InChI is InChI=1S/C30H29Cl2N7O4S.C29H28Cl2N8O4S.C26H25Cl2N7O4S.3CH4/c1-30(17-20-5-7-21(8-6-20)22-4-3-9-34-18-22)27(40)38(25-15-23(31)14-24(32)16-25)28-35-19-26(39(28)30)44(42,43)37-12-10-36(11-13-37)29(41)33-2;1-29(14-19-3-5-20(6-4-19)21-15-33-18-34-16-21)26(40)38(24-12-22(30)11-23(31)13-24)27-35-17-25(39(27)29)44(42,43)37-9-7-36(8-10-37)28(41)32-2;1-26(14-17-3-5-18(15-29)6-4-17)23(36)34(21-12-19(27)11-20(28)13-21)24-31-16-22(35(24)26)40(38,39)33-9-7-32(8-10-33)25(37)30-2;;;/h3-9,14-16,18-19H,10-13,17H2,1-2H3,(H,33,41);3-6,11-13,15-18H,7-10,14H2,1-2H3,(H,32,41);3-6,11-13,16H,7-10,14H2,1-2H3,(H,30,37);3*1H4/t30-;29-;26-;;;/m111.../s1. The highest BCUT2D eigenvalue weighted by molar-refractivity contribution is 7.89. The lowest BCUT2D eigenvalue weighted by Gasteiger charge is -2.34. The highest BCUT2D eigenvalue weighted by Crippen LogP contribution is 2.50. The maximum atomic E-state index is 14.4. The summed E-state index contributed by atoms with van der Waals surface area (Å²) >= 11 is 37.7. The van der Waals surface area contributed by atoms with Crippen molar-refractivity contribution in [2.45, 2.75) is 94.0 Å². The maximum Gasteiger partial charge on any atom is 0.317 e. The molecule has 9 amide bonds. The number of imidazole rings is 3. The zero-order valence-electron chi connectivity index (χ0n) is 69.4. The molecule has 17 rings (SSSR count). The molecular formula is C88H94Cl6N22O12S3. The first-order valence-corrected chi connectivity index (χ1v) is 46.5. The van der Waals surface area contributed by atoms with Gasteiger partial charge in [0.25, 0.3) is 47.8 Å². The molecule has 3 N–H and O–H groups in total. The number of benzene rings is 6. The lowest BCUT2D eigenvalue weighted by Crippen LogP contribution is -2.53. The van der Waals surface area contributed by atoms with E-state index < -0.39 is 52.6 Å². The van der Waals surface area contributed by atoms with Crippen molar-refractivity contribution >= 4 is 170 Å². The Hall–Kier alpha value is -11.6. The van der Waals surface area contributed by atoms with Gasteiger partial charge in [0.2, 0.25) is 17.8 Å². The van der Waals surface area contributed by atoms with Gasteiger partial charge in [-0.05, 0) is 127 Å². The predicted octanol–water partition coefficient (Wildman–Crippen LogP) is 13.7. The van der Waals surface area contributed by atoms with Gasteiger partial charge in [-0.1, -0.05) is 159 Å². The molecule has 11 aromatic rings. The Morgan fingerprint density at radius 3 is 0.924 bits per heavy atom. The number of piperazine rings is 3. The van der Waals surface area contributed by atoms with Gasteiger partial charge in [-0.25, -0.2) is 79.3 Å². The van der Waals surface area contributed by atoms with Gasteiger partial charge >= 0.3 is 18.1 Å². The normalized spacial score (nSPS) is 18.6. The molecule has 34 nitrogen and oxygen atoms in total. The minimum Gasteiger partial charge on any atom is -0.341 e. The molecule has 3 atom stereocenters. The highest BCUT2D eigenvalue weighted by Gasteiger charge is 2.56. The van der Waals surface area contributed by atoms with Crippen molar-refractivity contribution in [3.63, 3.8) is 0 Å². The van der Waals surface area contributed by atoms with Gasteiger partial charge in [-0.3, -0.25) is 33.1 Å². The fourth-order valence-corrected chi connectivity index (χ4v) is 23.0. The van der Waals surface area contributed by atoms with Gasteiger partial charge in [0.1, 0.15) is 22.9 Å². The number of pyridine rings is 1. The second-order valence-corrected chi connectivity index (χ2v) is 39.5. The Labute approximate surface area is 789 Å². The third-order valence-electron chi connectivity index (χ3n) is 23.1. The van der Waals surface area contributed by atoms with E-state index in [0.717, 1.165) is 38.9 Å². The van der Waals surface area contributed by atoms with Crippen molar-refractivity contribution in [3.8, 4) is 28.3 Å². The molecule has 0 spiro atoms. The Bertz CT molecular complexity index is 6250. The molecule has 43 heteroatoms. The molecular weight excluding hydrogens is 1870 g/mol. The van der Waals surface area contributed by atoms with Crippen LogP contribution in [-0.2, 0) is 80.3 Å². The molecule has 5 aromatic heterocycles. The van der Waals surface area contributed by atoms with E-state index in [9.17, 15) is 59.3 Å². The van der Waals surface area contributed by atoms with Crippen molar-refractivity contribution in [2.24, 2.45) is 0 Å². The Kier molecular flexibility index (Phi) is 29.6. The number of hydrogen-bond donors (Lipinski definition) is 3. The van der Waals surface area contributed by atoms with Gasteiger partial charge in [0.15, 0.2) is 15.1 Å². The largest absolute Gasteiger partial charge is 0.341 e. The zero-order valence-corrected chi connectivity index (χ0v) is 76.4. The van der Waals surface area contributed by atoms with Crippen LogP contribution in [0.3, 0.4) is 0 Å². The van der Waals surface area contributed by atoms with E-state index >= 15 is 0 Å². The number of aromatic nitrogens is 9. The van der Waals surface area contributed by atoms with Crippen LogP contribution in [0.4, 0.5) is 49.3 Å². The van der Waals surface area contributed by atoms with E-state index in [4.69, 9.17) is 69.6 Å². The van der Waals surface area contributed by atoms with E-state index in [1.165, 1.54) is 98.3 Å². The molecule has 0 saturated carbocycles. The fourth-order valence-electron chi connectivity index (χ4n) is 16.6. The minimum absolute atomic E-state index is 0. The van der Waals surface area contributed by atoms with Gasteiger partial charge in [0.05, 0.1) is 47.3 Å². The number of carbonyl (C=O) groups excluding carboxylic acids is 6. The number of nitriles is 1. The van der Waals surface area contributed by atoms with Crippen LogP contribution in [0.25, 0.3) is 22.3 Å². The number of nitrogens with zero attached hydrogens (tertiary/aromatic N) is 19. The molecule has 3 fully saturated rings. The number of nitrogens with one attached hydrogen (secondary N) is 3. The van der Waals surface area contributed by atoms with E-state index in [1.54, 1.807) is 128 Å². The van der Waals surface area contributed by atoms with Crippen molar-refractivity contribution in [3.05, 3.63) is 242 Å². The van der Waals surface area contributed by atoms with Crippen LogP contribution in [0.5, 0.6) is 0 Å². The summed E-state index contributed by atoms with van der Waals surface area (Å²) in [6.45, 7) is 6.99. The topological polar surface area (TPSA) is 386 Å². The van der Waals surface area contributed by atoms with Crippen LogP contribution in [0.2, 0.25) is 30.1 Å².